The first kappa shape index (κ1) is 15.6. The highest BCUT2D eigenvalue weighted by molar-refractivity contribution is 5.94. The zero-order valence-electron chi connectivity index (χ0n) is 13.8. The fourth-order valence-corrected chi connectivity index (χ4v) is 2.97. The van der Waals surface area contributed by atoms with Crippen molar-refractivity contribution in [2.45, 2.75) is 39.2 Å². The second kappa shape index (κ2) is 6.86. The molecule has 1 N–H and O–H groups in total. The molecule has 1 aliphatic rings. The van der Waals surface area contributed by atoms with Crippen molar-refractivity contribution in [1.82, 2.24) is 5.32 Å². The van der Waals surface area contributed by atoms with Crippen LogP contribution in [0.1, 0.15) is 40.9 Å². The number of ether oxygens (including phenoxy) is 1. The van der Waals surface area contributed by atoms with Gasteiger partial charge in [0, 0.05) is 18.0 Å². The van der Waals surface area contributed by atoms with Crippen LogP contribution in [-0.4, -0.2) is 18.6 Å². The molecular weight excluding hydrogens is 286 g/mol. The van der Waals surface area contributed by atoms with Crippen LogP contribution in [0.4, 0.5) is 0 Å². The normalized spacial score (nSPS) is 14.0. The van der Waals surface area contributed by atoms with Crippen LogP contribution in [0.5, 0.6) is 5.75 Å². The Labute approximate surface area is 137 Å². The van der Waals surface area contributed by atoms with Gasteiger partial charge >= 0.3 is 0 Å². The molecule has 120 valence electrons. The van der Waals surface area contributed by atoms with Crippen molar-refractivity contribution in [2.75, 3.05) is 6.61 Å². The average molecular weight is 309 g/mol. The van der Waals surface area contributed by atoms with E-state index in [0.29, 0.717) is 0 Å². The predicted octanol–water partition coefficient (Wildman–Crippen LogP) is 3.54. The first-order valence-corrected chi connectivity index (χ1v) is 8.30. The lowest BCUT2D eigenvalue weighted by atomic mass is 10.0. The van der Waals surface area contributed by atoms with E-state index in [1.54, 1.807) is 0 Å². The minimum atomic E-state index is -0.00959. The van der Waals surface area contributed by atoms with Crippen LogP contribution in [0.25, 0.3) is 0 Å². The first-order chi connectivity index (χ1) is 11.2. The molecule has 23 heavy (non-hydrogen) atoms. The van der Waals surface area contributed by atoms with Crippen molar-refractivity contribution < 1.29 is 9.53 Å². The smallest absolute Gasteiger partial charge is 0.251 e. The average Bonchev–Trinajstić information content (AvgIpc) is 3.02. The van der Waals surface area contributed by atoms with E-state index in [1.807, 2.05) is 37.3 Å². The largest absolute Gasteiger partial charge is 0.493 e. The molecule has 0 saturated heterocycles. The standard InChI is InChI=1S/C20H23NO2/c1-3-15-4-7-17(8-5-15)20(22)21-14(2)12-16-6-9-19-18(13-16)10-11-23-19/h4-9,13-14H,3,10-12H2,1-2H3,(H,21,22). The Morgan fingerprint density at radius 2 is 1.91 bits per heavy atom. The molecule has 0 spiro atoms. The molecule has 0 radical (unpaired) electrons. The minimum Gasteiger partial charge on any atom is -0.493 e. The summed E-state index contributed by atoms with van der Waals surface area (Å²) in [6, 6.07) is 14.2. The second-order valence-electron chi connectivity index (χ2n) is 6.17. The number of benzene rings is 2. The number of carbonyl (C=O) groups is 1. The molecule has 1 aliphatic heterocycles. The minimum absolute atomic E-state index is 0.00959. The Balaban J connectivity index is 1.59. The summed E-state index contributed by atoms with van der Waals surface area (Å²) in [5.74, 6) is 0.992. The Morgan fingerprint density at radius 3 is 2.65 bits per heavy atom. The van der Waals surface area contributed by atoms with Gasteiger partial charge in [0.05, 0.1) is 6.61 Å². The van der Waals surface area contributed by atoms with Gasteiger partial charge in [0.15, 0.2) is 0 Å². The number of carbonyl (C=O) groups excluding carboxylic acids is 1. The molecule has 0 aromatic heterocycles. The molecule has 2 aromatic rings. The summed E-state index contributed by atoms with van der Waals surface area (Å²) in [7, 11) is 0. The number of rotatable bonds is 5. The summed E-state index contributed by atoms with van der Waals surface area (Å²) < 4.78 is 5.53. The third-order valence-corrected chi connectivity index (χ3v) is 4.30. The molecule has 3 nitrogen and oxygen atoms in total. The van der Waals surface area contributed by atoms with Gasteiger partial charge in [0.1, 0.15) is 5.75 Å². The molecule has 0 saturated carbocycles. The molecule has 0 fully saturated rings. The van der Waals surface area contributed by atoms with Gasteiger partial charge in [-0.05, 0) is 54.7 Å². The highest BCUT2D eigenvalue weighted by Crippen LogP contribution is 2.26. The third kappa shape index (κ3) is 3.73. The van der Waals surface area contributed by atoms with Gasteiger partial charge in [0.2, 0.25) is 0 Å². The molecule has 0 bridgehead atoms. The van der Waals surface area contributed by atoms with Crippen molar-refractivity contribution in [2.24, 2.45) is 0 Å². The van der Waals surface area contributed by atoms with Crippen molar-refractivity contribution in [3.8, 4) is 5.75 Å². The fourth-order valence-electron chi connectivity index (χ4n) is 2.97. The Hall–Kier alpha value is -2.29. The molecule has 1 atom stereocenters. The molecule has 3 heteroatoms. The Morgan fingerprint density at radius 1 is 1.17 bits per heavy atom. The lowest BCUT2D eigenvalue weighted by Crippen LogP contribution is -2.34. The number of hydrogen-bond donors (Lipinski definition) is 1. The second-order valence-corrected chi connectivity index (χ2v) is 6.17. The highest BCUT2D eigenvalue weighted by atomic mass is 16.5. The summed E-state index contributed by atoms with van der Waals surface area (Å²) >= 11 is 0. The molecular formula is C20H23NO2. The maximum atomic E-state index is 12.3. The van der Waals surface area contributed by atoms with E-state index in [1.165, 1.54) is 16.7 Å². The summed E-state index contributed by atoms with van der Waals surface area (Å²) in [6.45, 7) is 4.93. The topological polar surface area (TPSA) is 38.3 Å². The van der Waals surface area contributed by atoms with Crippen LogP contribution >= 0.6 is 0 Å². The number of aryl methyl sites for hydroxylation is 1. The zero-order valence-corrected chi connectivity index (χ0v) is 13.8. The van der Waals surface area contributed by atoms with Crippen LogP contribution in [0.2, 0.25) is 0 Å². The molecule has 3 rings (SSSR count). The Bertz CT molecular complexity index is 691. The summed E-state index contributed by atoms with van der Waals surface area (Å²) in [4.78, 5) is 12.3. The maximum absolute atomic E-state index is 12.3. The van der Waals surface area contributed by atoms with Crippen LogP contribution in [0, 0.1) is 0 Å². The number of fused-ring (bicyclic) bond motifs is 1. The molecule has 2 aromatic carbocycles. The van der Waals surface area contributed by atoms with E-state index in [0.717, 1.165) is 37.2 Å². The number of hydrogen-bond acceptors (Lipinski definition) is 2. The summed E-state index contributed by atoms with van der Waals surface area (Å²) in [5.41, 5.74) is 4.48. The van der Waals surface area contributed by atoms with Gasteiger partial charge < -0.3 is 10.1 Å². The lowest BCUT2D eigenvalue weighted by Gasteiger charge is -2.15. The van der Waals surface area contributed by atoms with Crippen molar-refractivity contribution in [3.05, 3.63) is 64.7 Å². The van der Waals surface area contributed by atoms with Gasteiger partial charge in [-0.1, -0.05) is 31.2 Å². The summed E-state index contributed by atoms with van der Waals surface area (Å²) in [6.07, 6.45) is 2.79. The summed E-state index contributed by atoms with van der Waals surface area (Å²) in [5, 5.41) is 3.08. The van der Waals surface area contributed by atoms with Crippen LogP contribution in [0.3, 0.4) is 0 Å². The molecule has 1 heterocycles. The molecule has 0 aliphatic carbocycles. The fraction of sp³-hybridized carbons (Fsp3) is 0.350. The van der Waals surface area contributed by atoms with E-state index >= 15 is 0 Å². The first-order valence-electron chi connectivity index (χ1n) is 8.30. The molecule has 1 amide bonds. The monoisotopic (exact) mass is 309 g/mol. The van der Waals surface area contributed by atoms with Gasteiger partial charge in [0.25, 0.3) is 5.91 Å². The lowest BCUT2D eigenvalue weighted by molar-refractivity contribution is 0.0940. The quantitative estimate of drug-likeness (QED) is 0.917. The Kier molecular flexibility index (Phi) is 4.65. The van der Waals surface area contributed by atoms with Crippen molar-refractivity contribution >= 4 is 5.91 Å². The zero-order chi connectivity index (χ0) is 16.2. The predicted molar refractivity (Wildman–Crippen MR) is 92.1 cm³/mol. The highest BCUT2D eigenvalue weighted by Gasteiger charge is 2.14. The van der Waals surface area contributed by atoms with Crippen LogP contribution in [-0.2, 0) is 19.3 Å². The van der Waals surface area contributed by atoms with Crippen molar-refractivity contribution in [1.29, 1.82) is 0 Å². The molecule has 1 unspecified atom stereocenters. The van der Waals surface area contributed by atoms with E-state index in [2.05, 4.69) is 24.4 Å². The number of amides is 1. The third-order valence-electron chi connectivity index (χ3n) is 4.30. The number of nitrogens with one attached hydrogen (secondary N) is 1. The van der Waals surface area contributed by atoms with Gasteiger partial charge in [-0.25, -0.2) is 0 Å². The van der Waals surface area contributed by atoms with E-state index < -0.39 is 0 Å². The van der Waals surface area contributed by atoms with E-state index in [4.69, 9.17) is 4.74 Å². The van der Waals surface area contributed by atoms with E-state index in [9.17, 15) is 4.79 Å². The van der Waals surface area contributed by atoms with Crippen molar-refractivity contribution in [3.63, 3.8) is 0 Å². The van der Waals surface area contributed by atoms with Crippen LogP contribution in [0.15, 0.2) is 42.5 Å². The maximum Gasteiger partial charge on any atom is 0.251 e. The van der Waals surface area contributed by atoms with Gasteiger partial charge in [-0.15, -0.1) is 0 Å². The van der Waals surface area contributed by atoms with Gasteiger partial charge in [-0.3, -0.25) is 4.79 Å². The SMILES string of the molecule is CCc1ccc(C(=O)NC(C)Cc2ccc3c(c2)CCO3)cc1. The van der Waals surface area contributed by atoms with Crippen LogP contribution < -0.4 is 10.1 Å². The van der Waals surface area contributed by atoms with E-state index in [-0.39, 0.29) is 11.9 Å². The van der Waals surface area contributed by atoms with Gasteiger partial charge in [-0.2, -0.15) is 0 Å².